The highest BCUT2D eigenvalue weighted by atomic mass is 35.5. The molecule has 9 heteroatoms. The lowest BCUT2D eigenvalue weighted by molar-refractivity contribution is -0.113. The quantitative estimate of drug-likeness (QED) is 0.421. The van der Waals surface area contributed by atoms with Crippen molar-refractivity contribution < 1.29 is 4.79 Å². The molecule has 4 aromatic rings. The van der Waals surface area contributed by atoms with Gasteiger partial charge < -0.3 is 5.32 Å². The van der Waals surface area contributed by atoms with Crippen molar-refractivity contribution in [3.63, 3.8) is 0 Å². The molecular formula is C20H16ClN5OS2. The van der Waals surface area contributed by atoms with E-state index in [-0.39, 0.29) is 11.7 Å². The van der Waals surface area contributed by atoms with Crippen LogP contribution in [0.25, 0.3) is 5.69 Å². The number of hydrogen-bond donors (Lipinski definition) is 1. The molecule has 2 aromatic heterocycles. The summed E-state index contributed by atoms with van der Waals surface area (Å²) in [5.74, 6) is 0.834. The molecule has 4 rings (SSSR count). The topological polar surface area (TPSA) is 72.7 Å². The SMILES string of the molecule is O=C(CSc1nnc(Cc2ccccc2)n1-c1cccc(Cl)c1)Nc1nccs1. The van der Waals surface area contributed by atoms with Crippen molar-refractivity contribution in [2.75, 3.05) is 11.1 Å². The molecule has 0 saturated carbocycles. The molecule has 146 valence electrons. The first-order valence-electron chi connectivity index (χ1n) is 8.75. The Hall–Kier alpha value is -2.68. The van der Waals surface area contributed by atoms with E-state index in [1.165, 1.54) is 23.1 Å². The number of halogens is 1. The fourth-order valence-electron chi connectivity index (χ4n) is 2.73. The number of anilines is 1. The summed E-state index contributed by atoms with van der Waals surface area (Å²) < 4.78 is 1.94. The van der Waals surface area contributed by atoms with Crippen LogP contribution in [0.2, 0.25) is 5.02 Å². The average molecular weight is 442 g/mol. The molecule has 29 heavy (non-hydrogen) atoms. The van der Waals surface area contributed by atoms with E-state index in [0.717, 1.165) is 17.1 Å². The largest absolute Gasteiger partial charge is 0.301 e. The summed E-state index contributed by atoms with van der Waals surface area (Å²) in [5.41, 5.74) is 1.98. The lowest BCUT2D eigenvalue weighted by Crippen LogP contribution is -2.14. The zero-order chi connectivity index (χ0) is 20.1. The minimum Gasteiger partial charge on any atom is -0.301 e. The van der Waals surface area contributed by atoms with Gasteiger partial charge in [0.1, 0.15) is 5.82 Å². The molecule has 1 N–H and O–H groups in total. The number of rotatable bonds is 7. The zero-order valence-electron chi connectivity index (χ0n) is 15.2. The molecule has 0 aliphatic rings. The number of nitrogens with zero attached hydrogens (tertiary/aromatic N) is 4. The third-order valence-electron chi connectivity index (χ3n) is 3.98. The van der Waals surface area contributed by atoms with Crippen LogP contribution in [0.1, 0.15) is 11.4 Å². The summed E-state index contributed by atoms with van der Waals surface area (Å²) in [5, 5.41) is 15.1. The van der Waals surface area contributed by atoms with Crippen LogP contribution in [0.4, 0.5) is 5.13 Å². The van der Waals surface area contributed by atoms with Crippen LogP contribution >= 0.6 is 34.7 Å². The third kappa shape index (κ3) is 5.03. The highest BCUT2D eigenvalue weighted by molar-refractivity contribution is 7.99. The monoisotopic (exact) mass is 441 g/mol. The van der Waals surface area contributed by atoms with Gasteiger partial charge in [-0.1, -0.05) is 59.8 Å². The van der Waals surface area contributed by atoms with E-state index in [1.54, 1.807) is 6.20 Å². The maximum Gasteiger partial charge on any atom is 0.236 e. The van der Waals surface area contributed by atoms with Crippen molar-refractivity contribution in [2.24, 2.45) is 0 Å². The Balaban J connectivity index is 1.58. The minimum atomic E-state index is -0.143. The van der Waals surface area contributed by atoms with Gasteiger partial charge in [0.05, 0.1) is 11.4 Å². The van der Waals surface area contributed by atoms with Crippen molar-refractivity contribution in [1.29, 1.82) is 0 Å². The van der Waals surface area contributed by atoms with Crippen LogP contribution in [0, 0.1) is 0 Å². The summed E-state index contributed by atoms with van der Waals surface area (Å²) in [7, 11) is 0. The molecular weight excluding hydrogens is 426 g/mol. The van der Waals surface area contributed by atoms with Gasteiger partial charge in [-0.05, 0) is 23.8 Å². The Labute approximate surface area is 181 Å². The summed E-state index contributed by atoms with van der Waals surface area (Å²) in [4.78, 5) is 16.3. The fourth-order valence-corrected chi connectivity index (χ4v) is 4.23. The van der Waals surface area contributed by atoms with Crippen LogP contribution < -0.4 is 5.32 Å². The summed E-state index contributed by atoms with van der Waals surface area (Å²) >= 11 is 8.90. The van der Waals surface area contributed by atoms with E-state index in [9.17, 15) is 4.79 Å². The second-order valence-corrected chi connectivity index (χ2v) is 8.32. The van der Waals surface area contributed by atoms with Gasteiger partial charge in [-0.2, -0.15) is 0 Å². The third-order valence-corrected chi connectivity index (χ3v) is 5.84. The van der Waals surface area contributed by atoms with E-state index >= 15 is 0 Å². The van der Waals surface area contributed by atoms with Gasteiger partial charge in [0, 0.05) is 23.0 Å². The minimum absolute atomic E-state index is 0.143. The van der Waals surface area contributed by atoms with Gasteiger partial charge in [0.2, 0.25) is 5.91 Å². The molecule has 0 unspecified atom stereocenters. The molecule has 0 aliphatic carbocycles. The van der Waals surface area contributed by atoms with Crippen molar-refractivity contribution in [1.82, 2.24) is 19.7 Å². The molecule has 2 heterocycles. The van der Waals surface area contributed by atoms with Crippen LogP contribution in [0.5, 0.6) is 0 Å². The number of carbonyl (C=O) groups is 1. The van der Waals surface area contributed by atoms with Crippen LogP contribution in [0.15, 0.2) is 71.3 Å². The van der Waals surface area contributed by atoms with Crippen molar-refractivity contribution >= 4 is 45.7 Å². The molecule has 0 bridgehead atoms. The number of nitrogens with one attached hydrogen (secondary N) is 1. The zero-order valence-corrected chi connectivity index (χ0v) is 17.5. The fraction of sp³-hybridized carbons (Fsp3) is 0.100. The lowest BCUT2D eigenvalue weighted by atomic mass is 10.1. The maximum absolute atomic E-state index is 12.2. The van der Waals surface area contributed by atoms with Gasteiger partial charge in [0.25, 0.3) is 0 Å². The van der Waals surface area contributed by atoms with Crippen molar-refractivity contribution in [2.45, 2.75) is 11.6 Å². The predicted molar refractivity (Wildman–Crippen MR) is 117 cm³/mol. The van der Waals surface area contributed by atoms with E-state index < -0.39 is 0 Å². The summed E-state index contributed by atoms with van der Waals surface area (Å²) in [6.07, 6.45) is 2.27. The molecule has 0 aliphatic heterocycles. The normalized spacial score (nSPS) is 10.8. The first kappa shape index (κ1) is 19.6. The molecule has 6 nitrogen and oxygen atoms in total. The second kappa shape index (κ2) is 9.21. The van der Waals surface area contributed by atoms with Gasteiger partial charge in [0.15, 0.2) is 10.3 Å². The average Bonchev–Trinajstić information content (AvgIpc) is 3.37. The molecule has 0 saturated heterocycles. The Morgan fingerprint density at radius 2 is 2.00 bits per heavy atom. The van der Waals surface area contributed by atoms with E-state index in [2.05, 4.69) is 20.5 Å². The first-order valence-corrected chi connectivity index (χ1v) is 11.0. The highest BCUT2D eigenvalue weighted by Crippen LogP contribution is 2.25. The standard InChI is InChI=1S/C20H16ClN5OS2/c21-15-7-4-8-16(12-15)26-17(11-14-5-2-1-3-6-14)24-25-20(26)29-13-18(27)23-19-22-9-10-28-19/h1-10,12H,11,13H2,(H,22,23,27). The first-order chi connectivity index (χ1) is 14.2. The highest BCUT2D eigenvalue weighted by Gasteiger charge is 2.17. The predicted octanol–water partition coefficient (Wildman–Crippen LogP) is 4.70. The number of thiazole rings is 1. The summed E-state index contributed by atoms with van der Waals surface area (Å²) in [6.45, 7) is 0. The van der Waals surface area contributed by atoms with Gasteiger partial charge >= 0.3 is 0 Å². The van der Waals surface area contributed by atoms with Crippen LogP contribution in [-0.2, 0) is 11.2 Å². The van der Waals surface area contributed by atoms with Crippen LogP contribution in [0.3, 0.4) is 0 Å². The molecule has 2 aromatic carbocycles. The molecule has 0 radical (unpaired) electrons. The van der Waals surface area contributed by atoms with Gasteiger partial charge in [-0.3, -0.25) is 9.36 Å². The number of benzene rings is 2. The number of amides is 1. The Morgan fingerprint density at radius 3 is 2.76 bits per heavy atom. The Bertz CT molecular complexity index is 1100. The number of thioether (sulfide) groups is 1. The molecule has 1 amide bonds. The number of aromatic nitrogens is 4. The van der Waals surface area contributed by atoms with Crippen molar-refractivity contribution in [3.05, 3.63) is 82.6 Å². The second-order valence-electron chi connectivity index (χ2n) is 6.05. The van der Waals surface area contributed by atoms with Crippen LogP contribution in [-0.4, -0.2) is 31.4 Å². The van der Waals surface area contributed by atoms with E-state index in [1.807, 2.05) is 64.5 Å². The lowest BCUT2D eigenvalue weighted by Gasteiger charge is -2.11. The smallest absolute Gasteiger partial charge is 0.236 e. The van der Waals surface area contributed by atoms with Crippen molar-refractivity contribution in [3.8, 4) is 5.69 Å². The molecule has 0 atom stereocenters. The molecule has 0 fully saturated rings. The Morgan fingerprint density at radius 1 is 1.14 bits per heavy atom. The Kier molecular flexibility index (Phi) is 6.24. The van der Waals surface area contributed by atoms with E-state index in [4.69, 9.17) is 11.6 Å². The number of carbonyl (C=O) groups excluding carboxylic acids is 1. The van der Waals surface area contributed by atoms with Gasteiger partial charge in [-0.25, -0.2) is 4.98 Å². The maximum atomic E-state index is 12.2. The molecule has 0 spiro atoms. The van der Waals surface area contributed by atoms with Gasteiger partial charge in [-0.15, -0.1) is 21.5 Å². The van der Waals surface area contributed by atoms with E-state index in [0.29, 0.717) is 21.7 Å². The number of hydrogen-bond acceptors (Lipinski definition) is 6. The summed E-state index contributed by atoms with van der Waals surface area (Å²) in [6, 6.07) is 17.6.